The van der Waals surface area contributed by atoms with Crippen LogP contribution in [0.1, 0.15) is 81.3 Å². The molecule has 0 fully saturated rings. The van der Waals surface area contributed by atoms with Crippen molar-refractivity contribution in [2.24, 2.45) is 0 Å². The zero-order valence-corrected chi connectivity index (χ0v) is 32.5. The molecule has 0 spiro atoms. The van der Waals surface area contributed by atoms with Crippen LogP contribution in [0.25, 0.3) is 21.5 Å². The summed E-state index contributed by atoms with van der Waals surface area (Å²) < 4.78 is 1.46. The second kappa shape index (κ2) is 16.2. The van der Waals surface area contributed by atoms with Gasteiger partial charge in [-0.2, -0.15) is 6.08 Å². The Labute approximate surface area is 292 Å². The summed E-state index contributed by atoms with van der Waals surface area (Å²) in [6, 6.07) is 33.1. The standard InChI is InChI=1S/C23H29.C13H10.C5H5.2ClH.Hf/c1-14-9-16-11-17-10-15(2)21(23(6,7)8)13-19(17)18(16)12-20(14)22(3,4)5;1-3-7-12(8-4-1)11-13-9-5-2-6-10-13;1-2-4-5-3-1;;;/h9-13H,1-8H3;1-10H;1-3H,4H2;2*1H;/q-1;;-1;;;+2/p-2. The number of fused-ring (bicyclic) bond motifs is 3. The summed E-state index contributed by atoms with van der Waals surface area (Å²) in [5.41, 5.74) is 8.77. The molecule has 0 bridgehead atoms. The number of benzene rings is 4. The number of rotatable bonds is 2. The van der Waals surface area contributed by atoms with Crippen LogP contribution in [0.2, 0.25) is 0 Å². The molecule has 228 valence electrons. The van der Waals surface area contributed by atoms with Crippen molar-refractivity contribution in [1.82, 2.24) is 0 Å². The first-order chi connectivity index (χ1) is 19.9. The summed E-state index contributed by atoms with van der Waals surface area (Å²) in [6.07, 6.45) is 10.0. The van der Waals surface area contributed by atoms with Gasteiger partial charge in [0, 0.05) is 0 Å². The fourth-order valence-electron chi connectivity index (χ4n) is 5.67. The Hall–Kier alpha value is -2.45. The number of allylic oxidation sites excluding steroid dienone is 4. The number of aryl methyl sites for hydroxylation is 2. The summed E-state index contributed by atoms with van der Waals surface area (Å²) in [5, 5.41) is 5.55. The van der Waals surface area contributed by atoms with Gasteiger partial charge in [0.05, 0.1) is 0 Å². The number of hydrogen-bond acceptors (Lipinski definition) is 0. The number of hydrogen-bond donors (Lipinski definition) is 0. The molecular formula is C41H44Cl2Hf-2. The van der Waals surface area contributed by atoms with Crippen molar-refractivity contribution in [2.45, 2.75) is 72.6 Å². The van der Waals surface area contributed by atoms with E-state index in [9.17, 15) is 0 Å². The molecule has 0 aliphatic heterocycles. The van der Waals surface area contributed by atoms with E-state index in [0.717, 1.165) is 30.3 Å². The van der Waals surface area contributed by atoms with E-state index < -0.39 is 0 Å². The third kappa shape index (κ3) is 9.53. The van der Waals surface area contributed by atoms with Crippen molar-refractivity contribution >= 4 is 24.8 Å². The predicted molar refractivity (Wildman–Crippen MR) is 182 cm³/mol. The molecule has 6 rings (SSSR count). The van der Waals surface area contributed by atoms with E-state index in [2.05, 4.69) is 159 Å². The molecular weight excluding hydrogens is 742 g/mol. The van der Waals surface area contributed by atoms with Crippen molar-refractivity contribution in [2.75, 3.05) is 0 Å². The Kier molecular flexibility index (Phi) is 13.9. The van der Waals surface area contributed by atoms with Crippen molar-refractivity contribution in [3.8, 4) is 0 Å². The fourth-order valence-corrected chi connectivity index (χ4v) is 6.86. The van der Waals surface area contributed by atoms with Crippen LogP contribution in [0.15, 0.2) is 109 Å². The van der Waals surface area contributed by atoms with E-state index in [1.807, 2.05) is 12.2 Å². The van der Waals surface area contributed by atoms with Gasteiger partial charge in [-0.25, -0.2) is 12.2 Å². The van der Waals surface area contributed by atoms with Gasteiger partial charge in [0.1, 0.15) is 0 Å². The van der Waals surface area contributed by atoms with E-state index in [4.69, 9.17) is 0 Å². The van der Waals surface area contributed by atoms with Crippen LogP contribution in [0.4, 0.5) is 0 Å². The second-order valence-corrected chi connectivity index (χ2v) is 15.1. The van der Waals surface area contributed by atoms with Crippen LogP contribution in [0.3, 0.4) is 0 Å². The van der Waals surface area contributed by atoms with Crippen LogP contribution >= 0.6 is 0 Å². The molecule has 3 heteroatoms. The minimum atomic E-state index is 0. The summed E-state index contributed by atoms with van der Waals surface area (Å²) in [6.45, 7) is 18.3. The maximum absolute atomic E-state index is 2.99. The monoisotopic (exact) mass is 786 g/mol. The Morgan fingerprint density at radius 3 is 1.36 bits per heavy atom. The molecule has 5 aromatic rings. The molecule has 0 N–H and O–H groups in total. The average molecular weight is 786 g/mol. The van der Waals surface area contributed by atoms with Gasteiger partial charge < -0.3 is 24.8 Å². The maximum atomic E-state index is 2.99. The zero-order chi connectivity index (χ0) is 30.5. The van der Waals surface area contributed by atoms with Crippen LogP contribution in [-0.4, -0.2) is 3.26 Å². The Balaban J connectivity index is 0.000000273. The first kappa shape index (κ1) is 37.7. The first-order valence-electron chi connectivity index (χ1n) is 14.9. The molecule has 0 nitrogen and oxygen atoms in total. The van der Waals surface area contributed by atoms with Gasteiger partial charge in [-0.15, -0.1) is 46.2 Å². The molecule has 1 aliphatic carbocycles. The van der Waals surface area contributed by atoms with Gasteiger partial charge in [0.15, 0.2) is 0 Å². The van der Waals surface area contributed by atoms with Gasteiger partial charge in [-0.05, 0) is 24.7 Å². The van der Waals surface area contributed by atoms with Crippen molar-refractivity contribution in [3.05, 3.63) is 149 Å². The van der Waals surface area contributed by atoms with Gasteiger partial charge in [0.2, 0.25) is 0 Å². The molecule has 0 saturated carbocycles. The van der Waals surface area contributed by atoms with E-state index in [-0.39, 0.29) is 35.6 Å². The Morgan fingerprint density at radius 2 is 1.07 bits per heavy atom. The molecule has 0 unspecified atom stereocenters. The Bertz CT molecular complexity index is 1600. The first-order valence-corrected chi connectivity index (χ1v) is 16.7. The zero-order valence-electron chi connectivity index (χ0n) is 27.4. The van der Waals surface area contributed by atoms with Gasteiger partial charge in [0.25, 0.3) is 0 Å². The molecule has 0 atom stereocenters. The molecule has 0 aromatic heterocycles. The van der Waals surface area contributed by atoms with Gasteiger partial charge >= 0.3 is 98.9 Å². The molecule has 0 heterocycles. The third-order valence-electron chi connectivity index (χ3n) is 7.72. The van der Waals surface area contributed by atoms with Crippen molar-refractivity contribution < 1.29 is 48.7 Å². The van der Waals surface area contributed by atoms with Crippen molar-refractivity contribution in [3.63, 3.8) is 0 Å². The van der Waals surface area contributed by atoms with E-state index in [0.29, 0.717) is 0 Å². The van der Waals surface area contributed by atoms with E-state index in [1.165, 1.54) is 58.2 Å². The van der Waals surface area contributed by atoms with Crippen LogP contribution in [-0.2, 0) is 34.7 Å². The Morgan fingerprint density at radius 1 is 0.659 bits per heavy atom. The SMILES string of the molecule is Cc1cc2[cH-]c3cc(C)c(C(C)(C)C)cc3c2cc1C(C)(C)C.[C-]1=CC=CC1.[Cl-].[Cl-].[Hf+2]=[C](c1ccccc1)c1ccccc1. The van der Waals surface area contributed by atoms with Gasteiger partial charge in [-0.1, -0.05) is 75.9 Å². The minimum absolute atomic E-state index is 0. The van der Waals surface area contributed by atoms with Crippen LogP contribution in [0.5, 0.6) is 0 Å². The molecule has 0 amide bonds. The van der Waals surface area contributed by atoms with Crippen LogP contribution < -0.4 is 24.8 Å². The summed E-state index contributed by atoms with van der Waals surface area (Å²) >= 11 is 1.08. The summed E-state index contributed by atoms with van der Waals surface area (Å²) in [4.78, 5) is 0. The molecule has 44 heavy (non-hydrogen) atoms. The second-order valence-electron chi connectivity index (χ2n) is 13.3. The topological polar surface area (TPSA) is 0 Å². The van der Waals surface area contributed by atoms with Gasteiger partial charge in [-0.3, -0.25) is 6.08 Å². The predicted octanol–water partition coefficient (Wildman–Crippen LogP) is 5.04. The third-order valence-corrected chi connectivity index (χ3v) is 9.80. The van der Waals surface area contributed by atoms with Crippen molar-refractivity contribution in [1.29, 1.82) is 0 Å². The number of halogens is 2. The van der Waals surface area contributed by atoms with Crippen LogP contribution in [0, 0.1) is 19.9 Å². The normalized spacial score (nSPS) is 12.0. The molecule has 0 saturated heterocycles. The molecule has 5 aromatic carbocycles. The summed E-state index contributed by atoms with van der Waals surface area (Å²) in [7, 11) is 0. The average Bonchev–Trinajstić information content (AvgIpc) is 3.63. The summed E-state index contributed by atoms with van der Waals surface area (Å²) in [5.74, 6) is 0. The fraction of sp³-hybridized carbons (Fsp3) is 0.268. The molecule has 1 aliphatic rings. The molecule has 0 radical (unpaired) electrons. The van der Waals surface area contributed by atoms with E-state index in [1.54, 1.807) is 0 Å². The van der Waals surface area contributed by atoms with E-state index >= 15 is 0 Å². The quantitative estimate of drug-likeness (QED) is 0.174.